The van der Waals surface area contributed by atoms with Crippen LogP contribution in [-0.4, -0.2) is 57.7 Å². The average molecular weight is 175 g/mol. The van der Waals surface area contributed by atoms with Crippen LogP contribution in [0.5, 0.6) is 0 Å². The lowest BCUT2D eigenvalue weighted by Gasteiger charge is -2.24. The van der Waals surface area contributed by atoms with Crippen LogP contribution in [0.15, 0.2) is 0 Å². The van der Waals surface area contributed by atoms with E-state index in [2.05, 4.69) is 0 Å². The highest BCUT2D eigenvalue weighted by Gasteiger charge is 2.31. The number of nitrogens with zero attached hydrogens (tertiary/aromatic N) is 1. The SMILES string of the molecule is CC(C)(O)CN1CC(O)C(O)C1. The van der Waals surface area contributed by atoms with Crippen molar-refractivity contribution in [2.75, 3.05) is 19.6 Å². The summed E-state index contributed by atoms with van der Waals surface area (Å²) in [6, 6.07) is 0. The summed E-state index contributed by atoms with van der Waals surface area (Å²) in [5.74, 6) is 0. The molecule has 1 aliphatic rings. The van der Waals surface area contributed by atoms with Gasteiger partial charge in [0.15, 0.2) is 0 Å². The van der Waals surface area contributed by atoms with E-state index < -0.39 is 17.8 Å². The number of rotatable bonds is 2. The number of likely N-dealkylation sites (tertiary alicyclic amines) is 1. The molecular formula is C8H17NO3. The Balaban J connectivity index is 2.38. The number of aliphatic hydroxyl groups excluding tert-OH is 2. The second-order valence-electron chi connectivity index (χ2n) is 4.14. The lowest BCUT2D eigenvalue weighted by molar-refractivity contribution is 0.0395. The first kappa shape index (κ1) is 9.92. The largest absolute Gasteiger partial charge is 0.389 e. The molecule has 12 heavy (non-hydrogen) atoms. The minimum absolute atomic E-state index is 0.450. The molecule has 1 rings (SSSR count). The first-order valence-corrected chi connectivity index (χ1v) is 4.19. The van der Waals surface area contributed by atoms with Gasteiger partial charge in [-0.05, 0) is 13.8 Å². The maximum Gasteiger partial charge on any atom is 0.0938 e. The van der Waals surface area contributed by atoms with Gasteiger partial charge in [-0.1, -0.05) is 0 Å². The fraction of sp³-hybridized carbons (Fsp3) is 1.00. The molecule has 0 bridgehead atoms. The summed E-state index contributed by atoms with van der Waals surface area (Å²) in [7, 11) is 0. The van der Waals surface area contributed by atoms with Crippen LogP contribution in [0, 0.1) is 0 Å². The normalized spacial score (nSPS) is 32.8. The van der Waals surface area contributed by atoms with Crippen LogP contribution in [0.1, 0.15) is 13.8 Å². The highest BCUT2D eigenvalue weighted by Crippen LogP contribution is 2.13. The Hall–Kier alpha value is -0.160. The molecular weight excluding hydrogens is 158 g/mol. The fourth-order valence-corrected chi connectivity index (χ4v) is 1.52. The van der Waals surface area contributed by atoms with Gasteiger partial charge in [0.05, 0.1) is 17.8 Å². The van der Waals surface area contributed by atoms with Gasteiger partial charge in [0.25, 0.3) is 0 Å². The number of aliphatic hydroxyl groups is 3. The average Bonchev–Trinajstić information content (AvgIpc) is 2.07. The molecule has 0 aromatic rings. The van der Waals surface area contributed by atoms with Gasteiger partial charge in [-0.2, -0.15) is 0 Å². The molecule has 0 amide bonds. The van der Waals surface area contributed by atoms with Crippen LogP contribution in [-0.2, 0) is 0 Å². The first-order chi connectivity index (χ1) is 5.38. The van der Waals surface area contributed by atoms with Crippen LogP contribution in [0.2, 0.25) is 0 Å². The summed E-state index contributed by atoms with van der Waals surface area (Å²) in [6.45, 7) is 4.81. The summed E-state index contributed by atoms with van der Waals surface area (Å²) < 4.78 is 0. The lowest BCUT2D eigenvalue weighted by Crippen LogP contribution is -2.37. The van der Waals surface area contributed by atoms with E-state index in [4.69, 9.17) is 0 Å². The van der Waals surface area contributed by atoms with E-state index in [1.54, 1.807) is 13.8 Å². The summed E-state index contributed by atoms with van der Waals surface area (Å²) in [5, 5.41) is 27.8. The van der Waals surface area contributed by atoms with E-state index in [9.17, 15) is 15.3 Å². The third kappa shape index (κ3) is 2.71. The second-order valence-corrected chi connectivity index (χ2v) is 4.14. The van der Waals surface area contributed by atoms with Crippen LogP contribution in [0.25, 0.3) is 0 Å². The van der Waals surface area contributed by atoms with E-state index in [-0.39, 0.29) is 0 Å². The van der Waals surface area contributed by atoms with Crippen molar-refractivity contribution in [1.29, 1.82) is 0 Å². The Morgan fingerprint density at radius 2 is 1.67 bits per heavy atom. The van der Waals surface area contributed by atoms with Gasteiger partial charge >= 0.3 is 0 Å². The van der Waals surface area contributed by atoms with Gasteiger partial charge in [0.1, 0.15) is 0 Å². The molecule has 2 atom stereocenters. The number of hydrogen-bond donors (Lipinski definition) is 3. The van der Waals surface area contributed by atoms with Crippen molar-refractivity contribution in [3.8, 4) is 0 Å². The quantitative estimate of drug-likeness (QED) is 0.493. The maximum atomic E-state index is 9.45. The minimum atomic E-state index is -0.760. The zero-order valence-electron chi connectivity index (χ0n) is 7.56. The minimum Gasteiger partial charge on any atom is -0.389 e. The third-order valence-electron chi connectivity index (χ3n) is 1.95. The first-order valence-electron chi connectivity index (χ1n) is 4.19. The molecule has 0 radical (unpaired) electrons. The van der Waals surface area contributed by atoms with Gasteiger partial charge in [-0.15, -0.1) is 0 Å². The molecule has 0 spiro atoms. The molecule has 0 saturated carbocycles. The lowest BCUT2D eigenvalue weighted by atomic mass is 10.1. The molecule has 1 fully saturated rings. The van der Waals surface area contributed by atoms with E-state index >= 15 is 0 Å². The highest BCUT2D eigenvalue weighted by atomic mass is 16.3. The molecule has 3 N–H and O–H groups in total. The van der Waals surface area contributed by atoms with E-state index in [0.717, 1.165) is 0 Å². The van der Waals surface area contributed by atoms with Crippen LogP contribution >= 0.6 is 0 Å². The molecule has 4 heteroatoms. The highest BCUT2D eigenvalue weighted by molar-refractivity contribution is 4.86. The predicted octanol–water partition coefficient (Wildman–Crippen LogP) is -1.21. The molecule has 0 aromatic carbocycles. The maximum absolute atomic E-state index is 9.45. The summed E-state index contributed by atoms with van der Waals surface area (Å²) in [6.07, 6.45) is -1.32. The Kier molecular flexibility index (Phi) is 2.73. The van der Waals surface area contributed by atoms with Crippen molar-refractivity contribution in [1.82, 2.24) is 4.90 Å². The van der Waals surface area contributed by atoms with E-state index in [1.165, 1.54) is 0 Å². The smallest absolute Gasteiger partial charge is 0.0938 e. The summed E-state index contributed by atoms with van der Waals surface area (Å²) in [5.41, 5.74) is -0.760. The van der Waals surface area contributed by atoms with Gasteiger partial charge in [0, 0.05) is 19.6 Å². The molecule has 1 saturated heterocycles. The monoisotopic (exact) mass is 175 g/mol. The van der Waals surface area contributed by atoms with Crippen molar-refractivity contribution in [3.05, 3.63) is 0 Å². The standard InChI is InChI=1S/C8H17NO3/c1-8(2,12)5-9-3-6(10)7(11)4-9/h6-7,10-12H,3-5H2,1-2H3. The second kappa shape index (κ2) is 3.30. The zero-order chi connectivity index (χ0) is 9.35. The van der Waals surface area contributed by atoms with Crippen molar-refractivity contribution in [3.63, 3.8) is 0 Å². The summed E-state index contributed by atoms with van der Waals surface area (Å²) in [4.78, 5) is 1.86. The molecule has 4 nitrogen and oxygen atoms in total. The van der Waals surface area contributed by atoms with Gasteiger partial charge in [-0.3, -0.25) is 4.90 Å². The van der Waals surface area contributed by atoms with E-state index in [1.807, 2.05) is 4.90 Å². The Morgan fingerprint density at radius 3 is 2.00 bits per heavy atom. The number of β-amino-alcohol motifs (C(OH)–C–C–N with tert-alkyl or cyclic N) is 3. The van der Waals surface area contributed by atoms with Crippen molar-refractivity contribution in [2.24, 2.45) is 0 Å². The van der Waals surface area contributed by atoms with Gasteiger partial charge in [-0.25, -0.2) is 0 Å². The Bertz CT molecular complexity index is 145. The Morgan fingerprint density at radius 1 is 1.25 bits per heavy atom. The zero-order valence-corrected chi connectivity index (χ0v) is 7.56. The van der Waals surface area contributed by atoms with Crippen molar-refractivity contribution in [2.45, 2.75) is 31.7 Å². The predicted molar refractivity (Wildman–Crippen MR) is 44.8 cm³/mol. The molecule has 0 aromatic heterocycles. The van der Waals surface area contributed by atoms with E-state index in [0.29, 0.717) is 19.6 Å². The molecule has 1 heterocycles. The van der Waals surface area contributed by atoms with Crippen molar-refractivity contribution >= 4 is 0 Å². The van der Waals surface area contributed by atoms with Gasteiger partial charge in [0.2, 0.25) is 0 Å². The molecule has 2 unspecified atom stereocenters. The summed E-state index contributed by atoms with van der Waals surface area (Å²) >= 11 is 0. The Labute approximate surface area is 72.4 Å². The van der Waals surface area contributed by atoms with Crippen LogP contribution in [0.3, 0.4) is 0 Å². The van der Waals surface area contributed by atoms with Crippen LogP contribution in [0.4, 0.5) is 0 Å². The van der Waals surface area contributed by atoms with Crippen molar-refractivity contribution < 1.29 is 15.3 Å². The topological polar surface area (TPSA) is 63.9 Å². The third-order valence-corrected chi connectivity index (χ3v) is 1.95. The number of hydrogen-bond acceptors (Lipinski definition) is 4. The molecule has 72 valence electrons. The van der Waals surface area contributed by atoms with Gasteiger partial charge < -0.3 is 15.3 Å². The molecule has 1 aliphatic heterocycles. The molecule has 0 aliphatic carbocycles. The van der Waals surface area contributed by atoms with Crippen LogP contribution < -0.4 is 0 Å². The fourth-order valence-electron chi connectivity index (χ4n) is 1.52.